The van der Waals surface area contributed by atoms with Crippen molar-refractivity contribution < 1.29 is 18.3 Å². The lowest BCUT2D eigenvalue weighted by Crippen LogP contribution is -2.22. The zero-order valence-electron chi connectivity index (χ0n) is 15.1. The van der Waals surface area contributed by atoms with E-state index in [0.29, 0.717) is 18.0 Å². The van der Waals surface area contributed by atoms with Gasteiger partial charge >= 0.3 is 0 Å². The summed E-state index contributed by atoms with van der Waals surface area (Å²) in [5, 5.41) is 10.5. The van der Waals surface area contributed by atoms with Gasteiger partial charge in [0.2, 0.25) is 11.8 Å². The fraction of sp³-hybridized carbons (Fsp3) is 0.211. The molecule has 0 saturated heterocycles. The predicted molar refractivity (Wildman–Crippen MR) is 105 cm³/mol. The van der Waals surface area contributed by atoms with E-state index in [1.165, 1.54) is 12.1 Å². The lowest BCUT2D eigenvalue weighted by Gasteiger charge is -2.11. The van der Waals surface area contributed by atoms with Gasteiger partial charge in [-0.25, -0.2) is 4.39 Å². The highest BCUT2D eigenvalue weighted by Crippen LogP contribution is 2.26. The first-order valence-corrected chi connectivity index (χ1v) is 9.58. The summed E-state index contributed by atoms with van der Waals surface area (Å²) in [4.78, 5) is 12.3. The monoisotopic (exact) mass is 421 g/mol. The average Bonchev–Trinajstić information content (AvgIpc) is 3.11. The first-order chi connectivity index (χ1) is 13.4. The molecule has 1 N–H and O–H groups in total. The summed E-state index contributed by atoms with van der Waals surface area (Å²) in [6.45, 7) is 1.70. The number of methoxy groups -OCH3 is 1. The molecule has 1 heterocycles. The number of hydrogen-bond acceptors (Lipinski definition) is 6. The van der Waals surface area contributed by atoms with Gasteiger partial charge in [-0.15, -0.1) is 10.2 Å². The third-order valence-electron chi connectivity index (χ3n) is 3.80. The van der Waals surface area contributed by atoms with Crippen molar-refractivity contribution in [3.8, 4) is 5.75 Å². The molecule has 3 rings (SSSR count). The van der Waals surface area contributed by atoms with Crippen LogP contribution in [0.25, 0.3) is 0 Å². The molecule has 146 valence electrons. The Labute approximate surface area is 170 Å². The molecule has 0 bridgehead atoms. The molecular formula is C19H17ClFN3O3S. The summed E-state index contributed by atoms with van der Waals surface area (Å²) in [6, 6.07) is 11.3. The van der Waals surface area contributed by atoms with Gasteiger partial charge in [-0.1, -0.05) is 35.5 Å². The Kier molecular flexibility index (Phi) is 6.53. The van der Waals surface area contributed by atoms with Gasteiger partial charge in [-0.05, 0) is 42.8 Å². The molecule has 1 atom stereocenters. The fourth-order valence-corrected chi connectivity index (χ4v) is 3.22. The van der Waals surface area contributed by atoms with E-state index < -0.39 is 11.1 Å². The molecular weight excluding hydrogens is 405 g/mol. The maximum absolute atomic E-state index is 13.1. The van der Waals surface area contributed by atoms with Crippen molar-refractivity contribution in [3.63, 3.8) is 0 Å². The van der Waals surface area contributed by atoms with Crippen molar-refractivity contribution in [1.82, 2.24) is 10.2 Å². The lowest BCUT2D eigenvalue weighted by molar-refractivity contribution is -0.115. The Morgan fingerprint density at radius 2 is 2.04 bits per heavy atom. The number of thioether (sulfide) groups is 1. The zero-order valence-corrected chi connectivity index (χ0v) is 16.7. The Morgan fingerprint density at radius 1 is 1.29 bits per heavy atom. The van der Waals surface area contributed by atoms with E-state index in [-0.39, 0.29) is 16.2 Å². The summed E-state index contributed by atoms with van der Waals surface area (Å²) in [7, 11) is 1.61. The molecule has 0 aliphatic heterocycles. The van der Waals surface area contributed by atoms with Crippen LogP contribution >= 0.6 is 23.4 Å². The number of rotatable bonds is 7. The highest BCUT2D eigenvalue weighted by Gasteiger charge is 2.19. The second-order valence-electron chi connectivity index (χ2n) is 5.86. The van der Waals surface area contributed by atoms with Gasteiger partial charge in [0, 0.05) is 0 Å². The maximum Gasteiger partial charge on any atom is 0.277 e. The largest absolute Gasteiger partial charge is 0.497 e. The predicted octanol–water partition coefficient (Wildman–Crippen LogP) is 4.58. The van der Waals surface area contributed by atoms with Crippen molar-refractivity contribution in [3.05, 3.63) is 64.8 Å². The number of anilines is 1. The lowest BCUT2D eigenvalue weighted by atomic mass is 10.1. The highest BCUT2D eigenvalue weighted by atomic mass is 35.5. The standard InChI is InChI=1S/C19H17ClFN3O3S/c1-11(18(25)22-16-8-5-13(21)10-15(16)20)28-19-24-23-17(27-19)9-12-3-6-14(26-2)7-4-12/h3-8,10-11H,9H2,1-2H3,(H,22,25)/t11-/m1/s1. The van der Waals surface area contributed by atoms with Crippen LogP contribution in [0.2, 0.25) is 5.02 Å². The first-order valence-electron chi connectivity index (χ1n) is 8.32. The Balaban J connectivity index is 1.58. The van der Waals surface area contributed by atoms with E-state index in [1.807, 2.05) is 24.3 Å². The van der Waals surface area contributed by atoms with Crippen molar-refractivity contribution in [2.24, 2.45) is 0 Å². The van der Waals surface area contributed by atoms with Gasteiger partial charge in [0.1, 0.15) is 11.6 Å². The molecule has 2 aromatic carbocycles. The highest BCUT2D eigenvalue weighted by molar-refractivity contribution is 8.00. The Hall–Kier alpha value is -2.58. The molecule has 0 fully saturated rings. The summed E-state index contributed by atoms with van der Waals surface area (Å²) < 4.78 is 23.8. The molecule has 28 heavy (non-hydrogen) atoms. The molecule has 0 radical (unpaired) electrons. The zero-order chi connectivity index (χ0) is 20.1. The molecule has 0 saturated carbocycles. The van der Waals surface area contributed by atoms with Crippen molar-refractivity contribution >= 4 is 35.0 Å². The molecule has 0 spiro atoms. The van der Waals surface area contributed by atoms with Crippen LogP contribution in [0.4, 0.5) is 10.1 Å². The normalized spacial score (nSPS) is 11.9. The molecule has 0 aliphatic carbocycles. The van der Waals surface area contributed by atoms with Crippen molar-refractivity contribution in [1.29, 1.82) is 0 Å². The van der Waals surface area contributed by atoms with Crippen LogP contribution in [0.1, 0.15) is 18.4 Å². The van der Waals surface area contributed by atoms with E-state index in [0.717, 1.165) is 29.1 Å². The van der Waals surface area contributed by atoms with Crippen LogP contribution in [-0.4, -0.2) is 28.5 Å². The summed E-state index contributed by atoms with van der Waals surface area (Å²) >= 11 is 7.06. The van der Waals surface area contributed by atoms with Gasteiger partial charge in [0.05, 0.1) is 29.5 Å². The number of amides is 1. The molecule has 1 amide bonds. The molecule has 3 aromatic rings. The molecule has 9 heteroatoms. The minimum absolute atomic E-state index is 0.130. The minimum atomic E-state index is -0.518. The second-order valence-corrected chi connectivity index (χ2v) is 7.56. The van der Waals surface area contributed by atoms with E-state index in [4.69, 9.17) is 20.8 Å². The molecule has 1 aromatic heterocycles. The van der Waals surface area contributed by atoms with Crippen LogP contribution in [0.15, 0.2) is 52.1 Å². The van der Waals surface area contributed by atoms with Gasteiger partial charge < -0.3 is 14.5 Å². The van der Waals surface area contributed by atoms with Crippen LogP contribution < -0.4 is 10.1 Å². The van der Waals surface area contributed by atoms with E-state index in [2.05, 4.69) is 15.5 Å². The van der Waals surface area contributed by atoms with Crippen molar-refractivity contribution in [2.75, 3.05) is 12.4 Å². The molecule has 0 unspecified atom stereocenters. The number of halogens is 2. The van der Waals surface area contributed by atoms with Gasteiger partial charge in [-0.3, -0.25) is 4.79 Å². The number of carbonyl (C=O) groups is 1. The number of carbonyl (C=O) groups excluding carboxylic acids is 1. The maximum atomic E-state index is 13.1. The van der Waals surface area contributed by atoms with Crippen LogP contribution in [-0.2, 0) is 11.2 Å². The van der Waals surface area contributed by atoms with Crippen LogP contribution in [0, 0.1) is 5.82 Å². The molecule has 0 aliphatic rings. The van der Waals surface area contributed by atoms with E-state index >= 15 is 0 Å². The van der Waals surface area contributed by atoms with Gasteiger partial charge in [0.25, 0.3) is 5.22 Å². The second kappa shape index (κ2) is 9.07. The third kappa shape index (κ3) is 5.24. The Bertz CT molecular complexity index is 965. The topological polar surface area (TPSA) is 77.2 Å². The number of hydrogen-bond donors (Lipinski definition) is 1. The Morgan fingerprint density at radius 3 is 2.71 bits per heavy atom. The van der Waals surface area contributed by atoms with Crippen molar-refractivity contribution in [2.45, 2.75) is 23.8 Å². The summed E-state index contributed by atoms with van der Waals surface area (Å²) in [5.74, 6) is 0.433. The third-order valence-corrected chi connectivity index (χ3v) is 5.05. The summed E-state index contributed by atoms with van der Waals surface area (Å²) in [5.41, 5.74) is 1.34. The molecule has 6 nitrogen and oxygen atoms in total. The minimum Gasteiger partial charge on any atom is -0.497 e. The fourth-order valence-electron chi connectivity index (χ4n) is 2.31. The SMILES string of the molecule is COc1ccc(Cc2nnc(S[C@H](C)C(=O)Nc3ccc(F)cc3Cl)o2)cc1. The number of benzene rings is 2. The number of nitrogens with zero attached hydrogens (tertiary/aromatic N) is 2. The summed E-state index contributed by atoms with van der Waals surface area (Å²) in [6.07, 6.45) is 0.476. The van der Waals surface area contributed by atoms with E-state index in [9.17, 15) is 9.18 Å². The van der Waals surface area contributed by atoms with E-state index in [1.54, 1.807) is 14.0 Å². The van der Waals surface area contributed by atoms with Crippen LogP contribution in [0.3, 0.4) is 0 Å². The number of nitrogens with one attached hydrogen (secondary N) is 1. The van der Waals surface area contributed by atoms with Gasteiger partial charge in [-0.2, -0.15) is 0 Å². The number of ether oxygens (including phenoxy) is 1. The average molecular weight is 422 g/mol. The number of aromatic nitrogens is 2. The quantitative estimate of drug-likeness (QED) is 0.562. The first kappa shape index (κ1) is 20.2. The smallest absolute Gasteiger partial charge is 0.277 e. The van der Waals surface area contributed by atoms with Crippen LogP contribution in [0.5, 0.6) is 5.75 Å². The van der Waals surface area contributed by atoms with Gasteiger partial charge in [0.15, 0.2) is 0 Å².